The molecule has 0 aromatic heterocycles. The fraction of sp³-hybridized carbons (Fsp3) is 0.438. The highest BCUT2D eigenvalue weighted by molar-refractivity contribution is 6.00. The Balaban J connectivity index is 2.91. The maximum Gasteiger partial charge on any atom is 0.156 e. The first-order chi connectivity index (χ1) is 8.16. The molecule has 0 amide bonds. The van der Waals surface area contributed by atoms with Crippen molar-refractivity contribution in [1.29, 1.82) is 0 Å². The van der Waals surface area contributed by atoms with E-state index < -0.39 is 0 Å². The molecule has 0 bridgehead atoms. The van der Waals surface area contributed by atoms with E-state index in [-0.39, 0.29) is 5.78 Å². The molecule has 0 aliphatic rings. The average molecular weight is 230 g/mol. The molecule has 1 rings (SSSR count). The third kappa shape index (κ3) is 4.18. The highest BCUT2D eigenvalue weighted by Gasteiger charge is 2.09. The minimum absolute atomic E-state index is 0.211. The van der Waals surface area contributed by atoms with E-state index in [1.165, 1.54) is 12.8 Å². The standard InChI is InChI=1S/C16H22O/c1-4-5-7-12-16(14(3)17)13(2)15-10-8-6-9-11-15/h6,8-11H,4-5,7,12H2,1-3H3/b16-13+. The van der Waals surface area contributed by atoms with Gasteiger partial charge in [0.2, 0.25) is 0 Å². The van der Waals surface area contributed by atoms with Crippen LogP contribution in [0.25, 0.3) is 5.57 Å². The van der Waals surface area contributed by atoms with Gasteiger partial charge in [-0.2, -0.15) is 0 Å². The van der Waals surface area contributed by atoms with Crippen LogP contribution in [0.15, 0.2) is 35.9 Å². The Morgan fingerprint density at radius 3 is 2.24 bits per heavy atom. The van der Waals surface area contributed by atoms with Crippen molar-refractivity contribution in [1.82, 2.24) is 0 Å². The van der Waals surface area contributed by atoms with Gasteiger partial charge in [-0.05, 0) is 43.4 Å². The molecular weight excluding hydrogens is 208 g/mol. The van der Waals surface area contributed by atoms with Crippen LogP contribution >= 0.6 is 0 Å². The van der Waals surface area contributed by atoms with E-state index in [2.05, 4.69) is 26.0 Å². The number of hydrogen-bond donors (Lipinski definition) is 0. The van der Waals surface area contributed by atoms with Crippen molar-refractivity contribution < 1.29 is 4.79 Å². The molecular formula is C16H22O. The van der Waals surface area contributed by atoms with E-state index in [1.54, 1.807) is 6.92 Å². The second-order valence-corrected chi connectivity index (χ2v) is 4.48. The first-order valence-electron chi connectivity index (χ1n) is 6.43. The molecule has 92 valence electrons. The van der Waals surface area contributed by atoms with Gasteiger partial charge in [0.25, 0.3) is 0 Å². The Bertz CT molecular complexity index is 387. The number of carbonyl (C=O) groups excluding carboxylic acids is 1. The summed E-state index contributed by atoms with van der Waals surface area (Å²) < 4.78 is 0. The predicted octanol–water partition coefficient (Wildman–Crippen LogP) is 4.63. The second kappa shape index (κ2) is 7.05. The summed E-state index contributed by atoms with van der Waals surface area (Å²) in [6.45, 7) is 5.91. The lowest BCUT2D eigenvalue weighted by molar-refractivity contribution is -0.113. The van der Waals surface area contributed by atoms with Gasteiger partial charge in [0, 0.05) is 0 Å². The summed E-state index contributed by atoms with van der Waals surface area (Å²) in [5.74, 6) is 0.211. The summed E-state index contributed by atoms with van der Waals surface area (Å²) in [6, 6.07) is 10.2. The lowest BCUT2D eigenvalue weighted by Gasteiger charge is -2.09. The van der Waals surface area contributed by atoms with Crippen LogP contribution in [0.4, 0.5) is 0 Å². The monoisotopic (exact) mass is 230 g/mol. The van der Waals surface area contributed by atoms with Crippen molar-refractivity contribution in [2.75, 3.05) is 0 Å². The normalized spacial score (nSPS) is 12.2. The Labute approximate surface area is 105 Å². The molecule has 0 unspecified atom stereocenters. The van der Waals surface area contributed by atoms with E-state index in [0.717, 1.165) is 29.6 Å². The quantitative estimate of drug-likeness (QED) is 0.514. The number of allylic oxidation sites excluding steroid dienone is 2. The van der Waals surface area contributed by atoms with Crippen molar-refractivity contribution in [3.05, 3.63) is 41.5 Å². The van der Waals surface area contributed by atoms with Crippen molar-refractivity contribution in [3.63, 3.8) is 0 Å². The number of Topliss-reactive ketones (excluding diaryl/α,β-unsaturated/α-hetero) is 1. The van der Waals surface area contributed by atoms with Gasteiger partial charge < -0.3 is 0 Å². The molecule has 0 heterocycles. The van der Waals surface area contributed by atoms with Crippen LogP contribution in [0.1, 0.15) is 52.0 Å². The molecule has 1 nitrogen and oxygen atoms in total. The number of ketones is 1. The average Bonchev–Trinajstić information content (AvgIpc) is 2.34. The van der Waals surface area contributed by atoms with Crippen LogP contribution < -0.4 is 0 Å². The smallest absolute Gasteiger partial charge is 0.156 e. The summed E-state index contributed by atoms with van der Waals surface area (Å²) in [7, 11) is 0. The second-order valence-electron chi connectivity index (χ2n) is 4.48. The van der Waals surface area contributed by atoms with Gasteiger partial charge in [0.1, 0.15) is 0 Å². The molecule has 0 spiro atoms. The highest BCUT2D eigenvalue weighted by Crippen LogP contribution is 2.22. The lowest BCUT2D eigenvalue weighted by atomic mass is 9.95. The molecule has 0 N–H and O–H groups in total. The Hall–Kier alpha value is -1.37. The number of carbonyl (C=O) groups is 1. The molecule has 0 saturated heterocycles. The summed E-state index contributed by atoms with van der Waals surface area (Å²) in [6.07, 6.45) is 4.40. The van der Waals surface area contributed by atoms with Crippen LogP contribution in [0.2, 0.25) is 0 Å². The summed E-state index contributed by atoms with van der Waals surface area (Å²) >= 11 is 0. The fourth-order valence-corrected chi connectivity index (χ4v) is 2.04. The first-order valence-corrected chi connectivity index (χ1v) is 6.43. The predicted molar refractivity (Wildman–Crippen MR) is 73.9 cm³/mol. The molecule has 17 heavy (non-hydrogen) atoms. The van der Waals surface area contributed by atoms with E-state index in [0.29, 0.717) is 0 Å². The molecule has 1 aromatic carbocycles. The van der Waals surface area contributed by atoms with Crippen LogP contribution in [0, 0.1) is 0 Å². The minimum Gasteiger partial charge on any atom is -0.295 e. The summed E-state index contributed by atoms with van der Waals surface area (Å²) in [4.78, 5) is 11.7. The highest BCUT2D eigenvalue weighted by atomic mass is 16.1. The molecule has 0 atom stereocenters. The van der Waals surface area contributed by atoms with Crippen LogP contribution in [0.3, 0.4) is 0 Å². The van der Waals surface area contributed by atoms with Crippen molar-refractivity contribution >= 4 is 11.4 Å². The van der Waals surface area contributed by atoms with Gasteiger partial charge in [-0.25, -0.2) is 0 Å². The summed E-state index contributed by atoms with van der Waals surface area (Å²) in [5, 5.41) is 0. The third-order valence-corrected chi connectivity index (χ3v) is 3.11. The number of unbranched alkanes of at least 4 members (excludes halogenated alkanes) is 2. The molecule has 0 aliphatic carbocycles. The van der Waals surface area contributed by atoms with Gasteiger partial charge >= 0.3 is 0 Å². The van der Waals surface area contributed by atoms with Gasteiger partial charge in [-0.15, -0.1) is 0 Å². The SMILES string of the molecule is CCCCC/C(C(C)=O)=C(/C)c1ccccc1. The first kappa shape index (κ1) is 13.7. The largest absolute Gasteiger partial charge is 0.295 e. The number of rotatable bonds is 6. The molecule has 1 aromatic rings. The summed E-state index contributed by atoms with van der Waals surface area (Å²) in [5.41, 5.74) is 3.29. The van der Waals surface area contributed by atoms with Gasteiger partial charge in [-0.1, -0.05) is 50.1 Å². The lowest BCUT2D eigenvalue weighted by Crippen LogP contribution is -2.00. The maximum absolute atomic E-state index is 11.7. The zero-order valence-corrected chi connectivity index (χ0v) is 11.1. The molecule has 1 heteroatoms. The number of hydrogen-bond acceptors (Lipinski definition) is 1. The van der Waals surface area contributed by atoms with Gasteiger partial charge in [-0.3, -0.25) is 4.79 Å². The van der Waals surface area contributed by atoms with E-state index in [4.69, 9.17) is 0 Å². The van der Waals surface area contributed by atoms with Gasteiger partial charge in [0.05, 0.1) is 0 Å². The molecule has 0 fully saturated rings. The van der Waals surface area contributed by atoms with E-state index in [1.807, 2.05) is 18.2 Å². The Morgan fingerprint density at radius 1 is 1.06 bits per heavy atom. The Morgan fingerprint density at radius 2 is 1.71 bits per heavy atom. The fourth-order valence-electron chi connectivity index (χ4n) is 2.04. The topological polar surface area (TPSA) is 17.1 Å². The van der Waals surface area contributed by atoms with Crippen LogP contribution in [0.5, 0.6) is 0 Å². The zero-order chi connectivity index (χ0) is 12.7. The zero-order valence-electron chi connectivity index (χ0n) is 11.1. The van der Waals surface area contributed by atoms with Gasteiger partial charge in [0.15, 0.2) is 5.78 Å². The van der Waals surface area contributed by atoms with Crippen molar-refractivity contribution in [3.8, 4) is 0 Å². The maximum atomic E-state index is 11.7. The van der Waals surface area contributed by atoms with Crippen molar-refractivity contribution in [2.24, 2.45) is 0 Å². The molecule has 0 saturated carbocycles. The van der Waals surface area contributed by atoms with E-state index in [9.17, 15) is 4.79 Å². The van der Waals surface area contributed by atoms with Crippen LogP contribution in [-0.2, 0) is 4.79 Å². The molecule has 0 radical (unpaired) electrons. The van der Waals surface area contributed by atoms with E-state index >= 15 is 0 Å². The minimum atomic E-state index is 0.211. The van der Waals surface area contributed by atoms with Crippen molar-refractivity contribution in [2.45, 2.75) is 46.5 Å². The van der Waals surface area contributed by atoms with Crippen LogP contribution in [-0.4, -0.2) is 5.78 Å². The molecule has 0 aliphatic heterocycles. The number of benzene rings is 1. The Kier molecular flexibility index (Phi) is 5.68. The third-order valence-electron chi connectivity index (χ3n) is 3.11.